The van der Waals surface area contributed by atoms with Crippen LogP contribution in [0.15, 0.2) is 16.5 Å². The molecule has 0 saturated heterocycles. The largest absolute Gasteiger partial charge is 0.415 e. The van der Waals surface area contributed by atoms with Crippen LogP contribution in [0, 0.1) is 18.3 Å². The van der Waals surface area contributed by atoms with Crippen LogP contribution in [0.2, 0.25) is 0 Å². The van der Waals surface area contributed by atoms with E-state index in [1.165, 1.54) is 15.3 Å². The fraction of sp³-hybridized carbons (Fsp3) is 0.500. The second-order valence-electron chi connectivity index (χ2n) is 8.45. The average molecular weight is 380 g/mol. The first-order chi connectivity index (χ1) is 12.9. The summed E-state index contributed by atoms with van der Waals surface area (Å²) in [5.41, 5.74) is 6.60. The van der Waals surface area contributed by atoms with Crippen molar-refractivity contribution < 1.29 is 4.42 Å². The van der Waals surface area contributed by atoms with Crippen molar-refractivity contribution in [3.63, 3.8) is 0 Å². The summed E-state index contributed by atoms with van der Waals surface area (Å²) < 4.78 is 6.16. The normalized spacial score (nSPS) is 22.0. The monoisotopic (exact) mass is 379 g/mol. The number of nitrogens with zero attached hydrogens (tertiary/aromatic N) is 3. The van der Waals surface area contributed by atoms with Gasteiger partial charge >= 0.3 is 0 Å². The molecule has 0 aromatic carbocycles. The Morgan fingerprint density at radius 1 is 1.11 bits per heavy atom. The van der Waals surface area contributed by atoms with E-state index < -0.39 is 0 Å². The van der Waals surface area contributed by atoms with Crippen LogP contribution in [-0.4, -0.2) is 15.2 Å². The third-order valence-corrected chi connectivity index (χ3v) is 7.69. The molecule has 3 heterocycles. The molecule has 1 saturated carbocycles. The fourth-order valence-electron chi connectivity index (χ4n) is 4.87. The number of rotatable bonds is 4. The zero-order valence-corrected chi connectivity index (χ0v) is 17.4. The van der Waals surface area contributed by atoms with Gasteiger partial charge in [0.1, 0.15) is 0 Å². The number of hydrogen-bond acceptors (Lipinski definition) is 5. The summed E-state index contributed by atoms with van der Waals surface area (Å²) in [6.07, 6.45) is 2.95. The third kappa shape index (κ3) is 2.44. The van der Waals surface area contributed by atoms with Crippen molar-refractivity contribution in [2.75, 3.05) is 0 Å². The Morgan fingerprint density at radius 3 is 2.44 bits per heavy atom. The number of aromatic nitrogens is 3. The van der Waals surface area contributed by atoms with Crippen LogP contribution in [0.4, 0.5) is 0 Å². The maximum absolute atomic E-state index is 6.16. The molecule has 0 spiro atoms. The quantitative estimate of drug-likeness (QED) is 0.593. The molecule has 0 amide bonds. The van der Waals surface area contributed by atoms with Crippen LogP contribution in [0.1, 0.15) is 61.0 Å². The lowest BCUT2D eigenvalue weighted by Gasteiger charge is -2.09. The van der Waals surface area contributed by atoms with Crippen LogP contribution < -0.4 is 0 Å². The smallest absolute Gasteiger partial charge is 0.258 e. The first-order valence-electron chi connectivity index (χ1n) is 9.90. The van der Waals surface area contributed by atoms with Crippen molar-refractivity contribution in [3.05, 3.63) is 39.5 Å². The first-order valence-corrected chi connectivity index (χ1v) is 10.7. The van der Waals surface area contributed by atoms with E-state index in [1.54, 1.807) is 5.56 Å². The molecule has 4 nitrogen and oxygen atoms in total. The van der Waals surface area contributed by atoms with Gasteiger partial charge in [0, 0.05) is 21.8 Å². The molecular formula is C22H25N3OS. The number of fused-ring (bicyclic) bond motifs is 3. The van der Waals surface area contributed by atoms with Crippen molar-refractivity contribution in [1.82, 2.24) is 15.2 Å². The van der Waals surface area contributed by atoms with Gasteiger partial charge in [-0.15, -0.1) is 21.5 Å². The van der Waals surface area contributed by atoms with Crippen molar-refractivity contribution in [2.45, 2.75) is 59.8 Å². The highest BCUT2D eigenvalue weighted by Gasteiger charge is 2.63. The molecule has 3 aromatic rings. The van der Waals surface area contributed by atoms with Gasteiger partial charge in [-0.05, 0) is 66.7 Å². The van der Waals surface area contributed by atoms with Crippen molar-refractivity contribution >= 4 is 11.3 Å². The van der Waals surface area contributed by atoms with Gasteiger partial charge in [-0.25, -0.2) is 0 Å². The Balaban J connectivity index is 1.53. The number of pyridine rings is 1. The van der Waals surface area contributed by atoms with Gasteiger partial charge in [0.05, 0.1) is 4.88 Å². The zero-order valence-electron chi connectivity index (χ0n) is 16.6. The summed E-state index contributed by atoms with van der Waals surface area (Å²) in [6, 6.07) is 4.14. The minimum absolute atomic E-state index is 0.459. The van der Waals surface area contributed by atoms with E-state index >= 15 is 0 Å². The predicted octanol–water partition coefficient (Wildman–Crippen LogP) is 5.59. The SMILES string of the molecule is CCc1cc(-c2nnc(-c3sc(C)c4c3C[C@@H]3[C@H]4C3(C)C)o2)cc(CC)n1. The highest BCUT2D eigenvalue weighted by molar-refractivity contribution is 7.15. The molecule has 0 N–H and O–H groups in total. The lowest BCUT2D eigenvalue weighted by atomic mass is 9.95. The van der Waals surface area contributed by atoms with E-state index in [9.17, 15) is 0 Å². The first kappa shape index (κ1) is 17.1. The fourth-order valence-corrected chi connectivity index (χ4v) is 6.02. The number of aryl methyl sites for hydroxylation is 3. The summed E-state index contributed by atoms with van der Waals surface area (Å²) in [7, 11) is 0. The molecule has 2 aliphatic rings. The van der Waals surface area contributed by atoms with Crippen LogP contribution in [0.5, 0.6) is 0 Å². The van der Waals surface area contributed by atoms with Gasteiger partial charge in [0.25, 0.3) is 5.89 Å². The van der Waals surface area contributed by atoms with Gasteiger partial charge in [-0.3, -0.25) is 4.98 Å². The minimum Gasteiger partial charge on any atom is -0.415 e. The minimum atomic E-state index is 0.459. The van der Waals surface area contributed by atoms with Crippen molar-refractivity contribution in [3.8, 4) is 22.2 Å². The number of hydrogen-bond donors (Lipinski definition) is 0. The summed E-state index contributed by atoms with van der Waals surface area (Å²) >= 11 is 1.82. The standard InChI is InChI=1S/C22H25N3OS/c1-6-13-8-12(9-14(7-2)23-13)20-24-25-21(26-20)19-15-10-16-18(22(16,4)5)17(15)11(3)27-19/h8-9,16,18H,6-7,10H2,1-5H3/t16-,18-/m1/s1. The Labute approximate surface area is 164 Å². The molecule has 0 bridgehead atoms. The molecule has 0 radical (unpaired) electrons. The molecule has 0 aliphatic heterocycles. The molecule has 27 heavy (non-hydrogen) atoms. The summed E-state index contributed by atoms with van der Waals surface area (Å²) in [5.74, 6) is 2.78. The molecule has 2 atom stereocenters. The third-order valence-electron chi connectivity index (χ3n) is 6.54. The highest BCUT2D eigenvalue weighted by Crippen LogP contribution is 2.72. The summed E-state index contributed by atoms with van der Waals surface area (Å²) in [6.45, 7) is 11.3. The highest BCUT2D eigenvalue weighted by atomic mass is 32.1. The van der Waals surface area contributed by atoms with E-state index in [2.05, 4.69) is 61.9 Å². The Kier molecular flexibility index (Phi) is 3.64. The van der Waals surface area contributed by atoms with Gasteiger partial charge in [0.15, 0.2) is 0 Å². The second-order valence-corrected chi connectivity index (χ2v) is 9.67. The second kappa shape index (κ2) is 5.74. The van der Waals surface area contributed by atoms with Crippen molar-refractivity contribution in [1.29, 1.82) is 0 Å². The lowest BCUT2D eigenvalue weighted by molar-refractivity contribution is 0.540. The van der Waals surface area contributed by atoms with Crippen LogP contribution >= 0.6 is 11.3 Å². The van der Waals surface area contributed by atoms with E-state index in [0.29, 0.717) is 17.2 Å². The molecular weight excluding hydrogens is 354 g/mol. The molecule has 2 aliphatic carbocycles. The summed E-state index contributed by atoms with van der Waals surface area (Å²) in [5, 5.41) is 8.78. The Bertz CT molecular complexity index is 1020. The maximum atomic E-state index is 6.16. The van der Waals surface area contributed by atoms with E-state index in [1.807, 2.05) is 11.3 Å². The predicted molar refractivity (Wildman–Crippen MR) is 108 cm³/mol. The van der Waals surface area contributed by atoms with Gasteiger partial charge < -0.3 is 4.42 Å². The lowest BCUT2D eigenvalue weighted by Crippen LogP contribution is -1.99. The van der Waals surface area contributed by atoms with Crippen molar-refractivity contribution in [2.24, 2.45) is 11.3 Å². The molecule has 5 heteroatoms. The average Bonchev–Trinajstić information content (AvgIpc) is 3.17. The van der Waals surface area contributed by atoms with Crippen LogP contribution in [0.3, 0.4) is 0 Å². The van der Waals surface area contributed by atoms with E-state index in [0.717, 1.165) is 48.0 Å². The maximum Gasteiger partial charge on any atom is 0.258 e. The molecule has 1 fully saturated rings. The zero-order chi connectivity index (χ0) is 18.9. The summed E-state index contributed by atoms with van der Waals surface area (Å²) in [4.78, 5) is 7.26. The van der Waals surface area contributed by atoms with E-state index in [4.69, 9.17) is 4.42 Å². The topological polar surface area (TPSA) is 51.8 Å². The van der Waals surface area contributed by atoms with Crippen LogP contribution in [-0.2, 0) is 19.3 Å². The van der Waals surface area contributed by atoms with Crippen LogP contribution in [0.25, 0.3) is 22.2 Å². The molecule has 3 aromatic heterocycles. The Hall–Kier alpha value is -2.01. The molecule has 5 rings (SSSR count). The Morgan fingerprint density at radius 2 is 1.78 bits per heavy atom. The van der Waals surface area contributed by atoms with E-state index in [-0.39, 0.29) is 0 Å². The molecule has 140 valence electrons. The molecule has 0 unspecified atom stereocenters. The van der Waals surface area contributed by atoms with Gasteiger partial charge in [-0.1, -0.05) is 27.7 Å². The van der Waals surface area contributed by atoms with Gasteiger partial charge in [-0.2, -0.15) is 0 Å². The van der Waals surface area contributed by atoms with Gasteiger partial charge in [0.2, 0.25) is 5.89 Å². The number of thiophene rings is 1.